The summed E-state index contributed by atoms with van der Waals surface area (Å²) in [6.07, 6.45) is 7.17. The summed E-state index contributed by atoms with van der Waals surface area (Å²) in [7, 11) is 0. The van der Waals surface area contributed by atoms with Crippen molar-refractivity contribution in [3.63, 3.8) is 0 Å². The Balaban J connectivity index is 2.05. The first kappa shape index (κ1) is 15.9. The van der Waals surface area contributed by atoms with E-state index in [1.54, 1.807) is 18.6 Å². The quantitative estimate of drug-likeness (QED) is 0.720. The maximum absolute atomic E-state index is 13.9. The van der Waals surface area contributed by atoms with Gasteiger partial charge in [0, 0.05) is 47.9 Å². The molecule has 3 aromatic rings. The molecule has 0 saturated heterocycles. The lowest BCUT2D eigenvalue weighted by Crippen LogP contribution is -1.99. The molecule has 3 nitrogen and oxygen atoms in total. The highest BCUT2D eigenvalue weighted by Gasteiger charge is 2.10. The van der Waals surface area contributed by atoms with Crippen molar-refractivity contribution in [1.82, 2.24) is 15.2 Å². The molecule has 0 fully saturated rings. The molecule has 2 heterocycles. The summed E-state index contributed by atoms with van der Waals surface area (Å²) in [5, 5.41) is 5.89. The van der Waals surface area contributed by atoms with Crippen molar-refractivity contribution in [2.24, 2.45) is 0 Å². The molecule has 24 heavy (non-hydrogen) atoms. The van der Waals surface area contributed by atoms with Crippen LogP contribution in [-0.4, -0.2) is 15.2 Å². The van der Waals surface area contributed by atoms with E-state index in [2.05, 4.69) is 15.2 Å². The molecule has 0 saturated carbocycles. The van der Waals surface area contributed by atoms with Crippen molar-refractivity contribution in [1.29, 1.82) is 0 Å². The Hall–Kier alpha value is -2.95. The number of aromatic nitrogens is 3. The minimum absolute atomic E-state index is 0.0609. The number of H-pyrrole nitrogens is 2. The minimum atomic E-state index is -0.540. The first-order chi connectivity index (χ1) is 11.6. The molecular formula is C19H17F2N3. The standard InChI is InChI=1S/C19H17F2N3/c1-13-8-16(14-4-3-7-22-10-14)12-24-23-11-15(13)9-17-18(20)5-2-6-19(17)21/h2-8,10-12,23-24H,9H2,1H3. The third-order valence-corrected chi connectivity index (χ3v) is 3.86. The molecule has 0 aliphatic rings. The van der Waals surface area contributed by atoms with Crippen LogP contribution in [0, 0.1) is 18.6 Å². The first-order valence-electron chi connectivity index (χ1n) is 7.57. The Morgan fingerprint density at radius 3 is 2.42 bits per heavy atom. The highest BCUT2D eigenvalue weighted by atomic mass is 19.1. The second-order valence-corrected chi connectivity index (χ2v) is 5.50. The molecule has 0 spiro atoms. The zero-order valence-corrected chi connectivity index (χ0v) is 13.2. The van der Waals surface area contributed by atoms with E-state index in [0.717, 1.165) is 22.3 Å². The fourth-order valence-corrected chi connectivity index (χ4v) is 2.51. The lowest BCUT2D eigenvalue weighted by molar-refractivity contribution is 0.561. The van der Waals surface area contributed by atoms with Gasteiger partial charge < -0.3 is 10.2 Å². The van der Waals surface area contributed by atoms with Crippen molar-refractivity contribution >= 4 is 0 Å². The number of nitrogens with one attached hydrogen (secondary N) is 2. The third-order valence-electron chi connectivity index (χ3n) is 3.86. The first-order valence-corrected chi connectivity index (χ1v) is 7.57. The van der Waals surface area contributed by atoms with E-state index in [4.69, 9.17) is 0 Å². The zero-order valence-electron chi connectivity index (χ0n) is 13.2. The minimum Gasteiger partial charge on any atom is -0.308 e. The monoisotopic (exact) mass is 325 g/mol. The molecule has 0 amide bonds. The van der Waals surface area contributed by atoms with Crippen LogP contribution in [0.25, 0.3) is 11.1 Å². The Bertz CT molecular complexity index is 860. The smallest absolute Gasteiger partial charge is 0.129 e. The van der Waals surface area contributed by atoms with Gasteiger partial charge in [-0.25, -0.2) is 8.78 Å². The number of aromatic amines is 2. The predicted octanol–water partition coefficient (Wildman–Crippen LogP) is 4.71. The summed E-state index contributed by atoms with van der Waals surface area (Å²) in [6.45, 7) is 1.92. The van der Waals surface area contributed by atoms with Crippen molar-refractivity contribution in [2.45, 2.75) is 13.3 Å². The van der Waals surface area contributed by atoms with Crippen LogP contribution in [0.1, 0.15) is 16.7 Å². The van der Waals surface area contributed by atoms with Crippen molar-refractivity contribution in [3.8, 4) is 11.1 Å². The van der Waals surface area contributed by atoms with Crippen molar-refractivity contribution in [2.75, 3.05) is 0 Å². The highest BCUT2D eigenvalue weighted by Crippen LogP contribution is 2.21. The van der Waals surface area contributed by atoms with Gasteiger partial charge in [0.1, 0.15) is 11.6 Å². The maximum Gasteiger partial charge on any atom is 0.129 e. The number of pyridine rings is 1. The van der Waals surface area contributed by atoms with Crippen molar-refractivity contribution < 1.29 is 8.78 Å². The number of benzene rings is 1. The average Bonchev–Trinajstić information content (AvgIpc) is 2.57. The van der Waals surface area contributed by atoms with Gasteiger partial charge in [-0.3, -0.25) is 4.98 Å². The molecule has 2 aromatic heterocycles. The van der Waals surface area contributed by atoms with Gasteiger partial charge in [0.05, 0.1) is 0 Å². The molecule has 0 atom stereocenters. The van der Waals surface area contributed by atoms with Gasteiger partial charge in [-0.1, -0.05) is 12.1 Å². The predicted molar refractivity (Wildman–Crippen MR) is 89.9 cm³/mol. The second kappa shape index (κ2) is 7.08. The molecule has 3 rings (SSSR count). The molecule has 1 aromatic carbocycles. The molecular weight excluding hydrogens is 308 g/mol. The topological polar surface area (TPSA) is 44.5 Å². The molecule has 2 N–H and O–H groups in total. The van der Waals surface area contributed by atoms with E-state index in [1.807, 2.05) is 31.3 Å². The zero-order chi connectivity index (χ0) is 16.9. The van der Waals surface area contributed by atoms with Crippen LogP contribution in [-0.2, 0) is 6.42 Å². The number of rotatable bonds is 3. The van der Waals surface area contributed by atoms with Crippen LogP contribution < -0.4 is 0 Å². The maximum atomic E-state index is 13.9. The molecule has 0 aliphatic carbocycles. The normalized spacial score (nSPS) is 10.5. The van der Waals surface area contributed by atoms with E-state index < -0.39 is 11.6 Å². The Morgan fingerprint density at radius 1 is 0.958 bits per heavy atom. The summed E-state index contributed by atoms with van der Waals surface area (Å²) in [6, 6.07) is 9.69. The largest absolute Gasteiger partial charge is 0.308 e. The van der Waals surface area contributed by atoms with Gasteiger partial charge in [0.2, 0.25) is 0 Å². The number of nitrogens with zero attached hydrogens (tertiary/aromatic N) is 1. The highest BCUT2D eigenvalue weighted by molar-refractivity contribution is 5.61. The van der Waals surface area contributed by atoms with Crippen LogP contribution in [0.3, 0.4) is 0 Å². The molecule has 0 bridgehead atoms. The second-order valence-electron chi connectivity index (χ2n) is 5.50. The van der Waals surface area contributed by atoms with E-state index in [0.29, 0.717) is 0 Å². The van der Waals surface area contributed by atoms with Crippen LogP contribution in [0.15, 0.2) is 61.2 Å². The van der Waals surface area contributed by atoms with Gasteiger partial charge >= 0.3 is 0 Å². The number of halogens is 2. The summed E-state index contributed by atoms with van der Waals surface area (Å²) >= 11 is 0. The Morgan fingerprint density at radius 2 is 1.71 bits per heavy atom. The van der Waals surface area contributed by atoms with E-state index in [-0.39, 0.29) is 12.0 Å². The SMILES string of the molecule is Cc1cc(-c2cccnc2)c[nH][nH]cc1Cc1c(F)cccc1F. The van der Waals surface area contributed by atoms with Crippen LogP contribution in [0.5, 0.6) is 0 Å². The fourth-order valence-electron chi connectivity index (χ4n) is 2.51. The summed E-state index contributed by atoms with van der Waals surface area (Å²) in [5.41, 5.74) is 3.64. The van der Waals surface area contributed by atoms with Gasteiger partial charge in [0.25, 0.3) is 0 Å². The average molecular weight is 325 g/mol. The number of hydrogen-bond acceptors (Lipinski definition) is 1. The van der Waals surface area contributed by atoms with Gasteiger partial charge in [0.15, 0.2) is 0 Å². The molecule has 0 radical (unpaired) electrons. The summed E-state index contributed by atoms with van der Waals surface area (Å²) < 4.78 is 27.8. The summed E-state index contributed by atoms with van der Waals surface area (Å²) in [5.74, 6) is -1.08. The number of hydrogen-bond donors (Lipinski definition) is 2. The van der Waals surface area contributed by atoms with E-state index >= 15 is 0 Å². The van der Waals surface area contributed by atoms with Gasteiger partial charge in [-0.15, -0.1) is 0 Å². The Labute approximate surface area is 138 Å². The van der Waals surface area contributed by atoms with Crippen LogP contribution in [0.2, 0.25) is 0 Å². The number of aryl methyl sites for hydroxylation is 1. The van der Waals surface area contributed by atoms with Crippen molar-refractivity contribution in [3.05, 3.63) is 89.5 Å². The third kappa shape index (κ3) is 3.51. The Kier molecular flexibility index (Phi) is 4.70. The van der Waals surface area contributed by atoms with E-state index in [1.165, 1.54) is 18.2 Å². The fraction of sp³-hybridized carbons (Fsp3) is 0.105. The molecule has 0 aliphatic heterocycles. The molecule has 0 unspecified atom stereocenters. The summed E-state index contributed by atoms with van der Waals surface area (Å²) in [4.78, 5) is 4.12. The van der Waals surface area contributed by atoms with E-state index in [9.17, 15) is 8.78 Å². The van der Waals surface area contributed by atoms with Gasteiger partial charge in [-0.2, -0.15) is 0 Å². The van der Waals surface area contributed by atoms with Crippen LogP contribution >= 0.6 is 0 Å². The lowest BCUT2D eigenvalue weighted by Gasteiger charge is -2.08. The van der Waals surface area contributed by atoms with Crippen LogP contribution in [0.4, 0.5) is 8.78 Å². The lowest BCUT2D eigenvalue weighted by atomic mass is 10.0. The van der Waals surface area contributed by atoms with Gasteiger partial charge in [-0.05, 0) is 42.3 Å². The molecule has 5 heteroatoms. The molecule has 122 valence electrons.